The van der Waals surface area contributed by atoms with Gasteiger partial charge in [-0.15, -0.1) is 0 Å². The van der Waals surface area contributed by atoms with Gasteiger partial charge in [-0.25, -0.2) is 0 Å². The van der Waals surface area contributed by atoms with Crippen LogP contribution < -0.4 is 16.0 Å². The van der Waals surface area contributed by atoms with Crippen LogP contribution in [-0.2, 0) is 4.79 Å². The smallest absolute Gasteiger partial charge is 0.353 e. The number of nitro groups is 1. The fraction of sp³-hybridized carbons (Fsp3) is 0.583. The molecule has 10 nitrogen and oxygen atoms in total. The van der Waals surface area contributed by atoms with Gasteiger partial charge in [0.05, 0.1) is 4.92 Å². The molecule has 1 saturated heterocycles. The number of nitrogen functional groups attached to an aromatic ring is 1. The van der Waals surface area contributed by atoms with E-state index in [2.05, 4.69) is 22.2 Å². The zero-order chi connectivity index (χ0) is 16.3. The van der Waals surface area contributed by atoms with Crippen molar-refractivity contribution < 1.29 is 14.8 Å². The Hall–Kier alpha value is -2.65. The summed E-state index contributed by atoms with van der Waals surface area (Å²) in [5.74, 6) is -0.870. The second kappa shape index (κ2) is 6.41. The molecule has 1 aliphatic heterocycles. The number of carboxylic acids is 1. The van der Waals surface area contributed by atoms with Crippen molar-refractivity contribution in [1.29, 1.82) is 0 Å². The molecule has 1 aliphatic rings. The standard InChI is InChI=1S/C12H18N6O4/c1-7-3-2-4-17(6-7)11-9(18(21)22)10(13)15-12(16-11)14-5-8(19)20/h7H,2-6H2,1H3,(H,19,20)(H3,13,14,15,16)/t7-/m0/s1. The van der Waals surface area contributed by atoms with Crippen LogP contribution in [0.2, 0.25) is 0 Å². The number of carbonyl (C=O) groups is 1. The van der Waals surface area contributed by atoms with Gasteiger partial charge in [-0.05, 0) is 18.8 Å². The highest BCUT2D eigenvalue weighted by molar-refractivity contribution is 5.74. The van der Waals surface area contributed by atoms with Crippen molar-refractivity contribution >= 4 is 29.2 Å². The number of anilines is 3. The first kappa shape index (κ1) is 15.7. The lowest BCUT2D eigenvalue weighted by Crippen LogP contribution is -2.35. The van der Waals surface area contributed by atoms with Gasteiger partial charge in [0.25, 0.3) is 0 Å². The Bertz CT molecular complexity index is 593. The normalized spacial score (nSPS) is 18.0. The van der Waals surface area contributed by atoms with E-state index < -0.39 is 17.4 Å². The molecule has 2 rings (SSSR count). The van der Waals surface area contributed by atoms with Crippen LogP contribution in [0.4, 0.5) is 23.3 Å². The molecule has 120 valence electrons. The Kier molecular flexibility index (Phi) is 4.59. The molecule has 2 heterocycles. The maximum atomic E-state index is 11.2. The number of nitrogens with zero attached hydrogens (tertiary/aromatic N) is 4. The third kappa shape index (κ3) is 3.51. The number of aliphatic carboxylic acids is 1. The number of carboxylic acid groups (broad SMARTS) is 1. The number of hydrogen-bond acceptors (Lipinski definition) is 8. The fourth-order valence-corrected chi connectivity index (χ4v) is 2.47. The minimum Gasteiger partial charge on any atom is -0.480 e. The van der Waals surface area contributed by atoms with Gasteiger partial charge >= 0.3 is 11.7 Å². The molecule has 0 saturated carbocycles. The van der Waals surface area contributed by atoms with Crippen LogP contribution in [0.15, 0.2) is 0 Å². The molecule has 1 fully saturated rings. The largest absolute Gasteiger partial charge is 0.480 e. The van der Waals surface area contributed by atoms with Crippen molar-refractivity contribution in [2.75, 3.05) is 35.6 Å². The quantitative estimate of drug-likeness (QED) is 0.527. The van der Waals surface area contributed by atoms with Crippen molar-refractivity contribution in [2.24, 2.45) is 5.92 Å². The molecular weight excluding hydrogens is 292 g/mol. The highest BCUT2D eigenvalue weighted by Crippen LogP contribution is 2.34. The maximum absolute atomic E-state index is 11.2. The molecule has 0 amide bonds. The summed E-state index contributed by atoms with van der Waals surface area (Å²) in [6.45, 7) is 2.94. The highest BCUT2D eigenvalue weighted by Gasteiger charge is 2.29. The summed E-state index contributed by atoms with van der Waals surface area (Å²) in [5.41, 5.74) is 5.33. The van der Waals surface area contributed by atoms with Gasteiger partial charge in [0.15, 0.2) is 0 Å². The summed E-state index contributed by atoms with van der Waals surface area (Å²) in [6, 6.07) is 0. The molecule has 1 aromatic heterocycles. The average molecular weight is 310 g/mol. The third-order valence-corrected chi connectivity index (χ3v) is 3.43. The molecule has 0 aromatic carbocycles. The number of nitrogens with two attached hydrogens (primary N) is 1. The van der Waals surface area contributed by atoms with Gasteiger partial charge in [-0.1, -0.05) is 6.92 Å². The van der Waals surface area contributed by atoms with E-state index in [-0.39, 0.29) is 23.3 Å². The van der Waals surface area contributed by atoms with E-state index in [1.54, 1.807) is 4.90 Å². The van der Waals surface area contributed by atoms with Crippen molar-refractivity contribution in [1.82, 2.24) is 9.97 Å². The first-order chi connectivity index (χ1) is 10.4. The van der Waals surface area contributed by atoms with Crippen molar-refractivity contribution in [2.45, 2.75) is 19.8 Å². The first-order valence-corrected chi connectivity index (χ1v) is 6.91. The van der Waals surface area contributed by atoms with Crippen LogP contribution >= 0.6 is 0 Å². The Morgan fingerprint density at radius 1 is 1.59 bits per heavy atom. The maximum Gasteiger partial charge on any atom is 0.353 e. The van der Waals surface area contributed by atoms with Gasteiger partial charge in [-0.2, -0.15) is 9.97 Å². The molecule has 1 atom stereocenters. The average Bonchev–Trinajstić information content (AvgIpc) is 2.44. The summed E-state index contributed by atoms with van der Waals surface area (Å²) in [4.78, 5) is 30.9. The van der Waals surface area contributed by atoms with Crippen molar-refractivity contribution in [3.05, 3.63) is 10.1 Å². The molecule has 0 aliphatic carbocycles. The number of rotatable bonds is 5. The highest BCUT2D eigenvalue weighted by atomic mass is 16.6. The van der Waals surface area contributed by atoms with Gasteiger partial charge in [0.2, 0.25) is 17.6 Å². The van der Waals surface area contributed by atoms with Gasteiger partial charge in [0.1, 0.15) is 6.54 Å². The van der Waals surface area contributed by atoms with Gasteiger partial charge in [0, 0.05) is 13.1 Å². The first-order valence-electron chi connectivity index (χ1n) is 6.91. The number of piperidine rings is 1. The molecule has 0 spiro atoms. The van der Waals surface area contributed by atoms with Crippen molar-refractivity contribution in [3.8, 4) is 0 Å². The van der Waals surface area contributed by atoms with E-state index in [4.69, 9.17) is 10.8 Å². The number of hydrogen-bond donors (Lipinski definition) is 3. The predicted molar refractivity (Wildman–Crippen MR) is 79.8 cm³/mol. The third-order valence-electron chi connectivity index (χ3n) is 3.43. The summed E-state index contributed by atoms with van der Waals surface area (Å²) in [5, 5.41) is 22.4. The van der Waals surface area contributed by atoms with Crippen LogP contribution in [0.1, 0.15) is 19.8 Å². The van der Waals surface area contributed by atoms with E-state index in [1.165, 1.54) is 0 Å². The lowest BCUT2D eigenvalue weighted by molar-refractivity contribution is -0.383. The fourth-order valence-electron chi connectivity index (χ4n) is 2.47. The molecular formula is C12H18N6O4. The summed E-state index contributed by atoms with van der Waals surface area (Å²) in [6.07, 6.45) is 1.95. The Balaban J connectivity index is 2.38. The second-order valence-electron chi connectivity index (χ2n) is 5.30. The van der Waals surface area contributed by atoms with E-state index in [9.17, 15) is 14.9 Å². The minimum absolute atomic E-state index is 0.0290. The molecule has 22 heavy (non-hydrogen) atoms. The summed E-state index contributed by atoms with van der Waals surface area (Å²) < 4.78 is 0. The van der Waals surface area contributed by atoms with Gasteiger partial charge in [-0.3, -0.25) is 14.9 Å². The van der Waals surface area contributed by atoms with E-state index in [0.717, 1.165) is 12.8 Å². The Morgan fingerprint density at radius 2 is 2.32 bits per heavy atom. The lowest BCUT2D eigenvalue weighted by Gasteiger charge is -2.31. The molecule has 0 radical (unpaired) electrons. The molecule has 4 N–H and O–H groups in total. The SMILES string of the molecule is C[C@H]1CCCN(c2nc(NCC(=O)O)nc(N)c2[N+](=O)[O-])C1. The number of aromatic nitrogens is 2. The lowest BCUT2D eigenvalue weighted by atomic mass is 10.0. The van der Waals surface area contributed by atoms with E-state index in [1.807, 2.05) is 0 Å². The van der Waals surface area contributed by atoms with Gasteiger partial charge < -0.3 is 21.1 Å². The van der Waals surface area contributed by atoms with Crippen LogP contribution in [0.5, 0.6) is 0 Å². The zero-order valence-corrected chi connectivity index (χ0v) is 12.2. The predicted octanol–water partition coefficient (Wildman–Crippen LogP) is 0.700. The van der Waals surface area contributed by atoms with Crippen LogP contribution in [0, 0.1) is 16.0 Å². The minimum atomic E-state index is -1.09. The monoisotopic (exact) mass is 310 g/mol. The summed E-state index contributed by atoms with van der Waals surface area (Å²) in [7, 11) is 0. The van der Waals surface area contributed by atoms with E-state index in [0.29, 0.717) is 19.0 Å². The number of nitrogens with one attached hydrogen (secondary N) is 1. The molecule has 0 bridgehead atoms. The Morgan fingerprint density at radius 3 is 2.91 bits per heavy atom. The van der Waals surface area contributed by atoms with Crippen molar-refractivity contribution in [3.63, 3.8) is 0 Å². The summed E-state index contributed by atoms with van der Waals surface area (Å²) >= 11 is 0. The Labute approximate surface area is 126 Å². The molecule has 1 aromatic rings. The zero-order valence-electron chi connectivity index (χ0n) is 12.2. The van der Waals surface area contributed by atoms with Crippen LogP contribution in [-0.4, -0.2) is 45.6 Å². The van der Waals surface area contributed by atoms with E-state index >= 15 is 0 Å². The van der Waals surface area contributed by atoms with Crippen LogP contribution in [0.3, 0.4) is 0 Å². The van der Waals surface area contributed by atoms with Crippen LogP contribution in [0.25, 0.3) is 0 Å². The molecule has 0 unspecified atom stereocenters. The molecule has 10 heteroatoms. The topological polar surface area (TPSA) is 148 Å². The second-order valence-corrected chi connectivity index (χ2v) is 5.30.